The monoisotopic (exact) mass is 273 g/mol. The maximum Gasteiger partial charge on any atom is 0.125 e. The summed E-state index contributed by atoms with van der Waals surface area (Å²) in [5.41, 5.74) is 7.16. The lowest BCUT2D eigenvalue weighted by atomic mass is 9.72. The van der Waals surface area contributed by atoms with Crippen molar-refractivity contribution in [2.45, 2.75) is 43.7 Å². The number of nitrogens with two attached hydrogens (primary N) is 1. The van der Waals surface area contributed by atoms with Crippen molar-refractivity contribution < 1.29 is 4.74 Å². The van der Waals surface area contributed by atoms with Crippen molar-refractivity contribution in [1.29, 1.82) is 0 Å². The van der Waals surface area contributed by atoms with Crippen molar-refractivity contribution >= 4 is 24.0 Å². The standard InChI is InChI=1S/C13H16ClNO.ClH/c1-13-6-8(5-9(15)7-13)12-10(14)3-2-4-11(12)16-13;/h2-4,8-9H,5-7,15H2,1H3;1H/t8?,9-,13?;/m0./s1. The van der Waals surface area contributed by atoms with Crippen LogP contribution in [0.3, 0.4) is 0 Å². The molecule has 0 saturated heterocycles. The zero-order valence-electron chi connectivity index (χ0n) is 9.78. The summed E-state index contributed by atoms with van der Waals surface area (Å²) in [6.45, 7) is 2.16. The van der Waals surface area contributed by atoms with Crippen LogP contribution < -0.4 is 10.5 Å². The van der Waals surface area contributed by atoms with Crippen LogP contribution in [0.5, 0.6) is 5.75 Å². The molecule has 3 atom stereocenters. The van der Waals surface area contributed by atoms with Gasteiger partial charge >= 0.3 is 0 Å². The maximum atomic E-state index is 6.26. The molecule has 0 amide bonds. The largest absolute Gasteiger partial charge is 0.487 e. The first kappa shape index (κ1) is 13.0. The van der Waals surface area contributed by atoms with Crippen molar-refractivity contribution in [1.82, 2.24) is 0 Å². The summed E-state index contributed by atoms with van der Waals surface area (Å²) < 4.78 is 6.08. The van der Waals surface area contributed by atoms with Gasteiger partial charge in [-0.05, 0) is 37.8 Å². The normalized spacial score (nSPS) is 34.3. The molecule has 1 fully saturated rings. The second-order valence-electron chi connectivity index (χ2n) is 5.30. The highest BCUT2D eigenvalue weighted by atomic mass is 35.5. The average Bonchev–Trinajstić information content (AvgIpc) is 2.14. The molecule has 2 nitrogen and oxygen atoms in total. The molecular weight excluding hydrogens is 257 g/mol. The van der Waals surface area contributed by atoms with Crippen LogP contribution in [0.2, 0.25) is 5.02 Å². The predicted molar refractivity (Wildman–Crippen MR) is 72.3 cm³/mol. The fourth-order valence-corrected chi connectivity index (χ4v) is 3.58. The molecule has 0 radical (unpaired) electrons. The third kappa shape index (κ3) is 2.14. The van der Waals surface area contributed by atoms with E-state index in [1.54, 1.807) is 0 Å². The van der Waals surface area contributed by atoms with Gasteiger partial charge in [0.05, 0.1) is 0 Å². The van der Waals surface area contributed by atoms with E-state index >= 15 is 0 Å². The fourth-order valence-electron chi connectivity index (χ4n) is 3.26. The van der Waals surface area contributed by atoms with Crippen LogP contribution in [0.1, 0.15) is 37.7 Å². The minimum Gasteiger partial charge on any atom is -0.487 e. The van der Waals surface area contributed by atoms with Gasteiger partial charge in [0.25, 0.3) is 0 Å². The molecule has 1 aromatic rings. The van der Waals surface area contributed by atoms with E-state index in [-0.39, 0.29) is 24.0 Å². The minimum absolute atomic E-state index is 0. The van der Waals surface area contributed by atoms with E-state index in [4.69, 9.17) is 22.1 Å². The summed E-state index contributed by atoms with van der Waals surface area (Å²) >= 11 is 6.26. The Labute approximate surface area is 113 Å². The number of benzene rings is 1. The van der Waals surface area contributed by atoms with Crippen LogP contribution in [-0.2, 0) is 0 Å². The summed E-state index contributed by atoms with van der Waals surface area (Å²) in [6, 6.07) is 6.13. The van der Waals surface area contributed by atoms with Crippen molar-refractivity contribution in [2.75, 3.05) is 0 Å². The molecule has 1 aliphatic carbocycles. The van der Waals surface area contributed by atoms with Gasteiger partial charge < -0.3 is 10.5 Å². The van der Waals surface area contributed by atoms with Crippen LogP contribution in [0.4, 0.5) is 0 Å². The first-order valence-electron chi connectivity index (χ1n) is 5.80. The molecule has 2 bridgehead atoms. The molecule has 0 spiro atoms. The molecule has 2 unspecified atom stereocenters. The van der Waals surface area contributed by atoms with Gasteiger partial charge in [0.1, 0.15) is 11.4 Å². The van der Waals surface area contributed by atoms with Crippen LogP contribution in [0.15, 0.2) is 18.2 Å². The minimum atomic E-state index is -0.0972. The number of ether oxygens (including phenoxy) is 1. The third-order valence-electron chi connectivity index (χ3n) is 3.74. The lowest BCUT2D eigenvalue weighted by molar-refractivity contribution is 0.0137. The first-order chi connectivity index (χ1) is 7.57. The van der Waals surface area contributed by atoms with Gasteiger partial charge in [-0.3, -0.25) is 0 Å². The molecule has 17 heavy (non-hydrogen) atoms. The Balaban J connectivity index is 0.00000108. The van der Waals surface area contributed by atoms with E-state index in [2.05, 4.69) is 6.92 Å². The van der Waals surface area contributed by atoms with E-state index in [0.29, 0.717) is 5.92 Å². The zero-order chi connectivity index (χ0) is 11.3. The Bertz CT molecular complexity index is 437. The Hall–Kier alpha value is -0.440. The first-order valence-corrected chi connectivity index (χ1v) is 6.18. The molecule has 94 valence electrons. The van der Waals surface area contributed by atoms with Crippen LogP contribution >= 0.6 is 24.0 Å². The van der Waals surface area contributed by atoms with Gasteiger partial charge in [0, 0.05) is 23.0 Å². The summed E-state index contributed by atoms with van der Waals surface area (Å²) in [6.07, 6.45) is 3.00. The molecule has 1 aliphatic heterocycles. The van der Waals surface area contributed by atoms with E-state index in [9.17, 15) is 0 Å². The topological polar surface area (TPSA) is 35.2 Å². The summed E-state index contributed by atoms with van der Waals surface area (Å²) in [7, 11) is 0. The molecule has 1 aromatic carbocycles. The third-order valence-corrected chi connectivity index (χ3v) is 4.07. The molecule has 2 N–H and O–H groups in total. The molecule has 2 aliphatic rings. The second kappa shape index (κ2) is 4.34. The van der Waals surface area contributed by atoms with E-state index < -0.39 is 0 Å². The van der Waals surface area contributed by atoms with Crippen molar-refractivity contribution in [2.24, 2.45) is 5.73 Å². The summed E-state index contributed by atoms with van der Waals surface area (Å²) in [5.74, 6) is 1.42. The summed E-state index contributed by atoms with van der Waals surface area (Å²) in [5, 5.41) is 0.818. The molecular formula is C13H17Cl2NO. The van der Waals surface area contributed by atoms with Crippen LogP contribution in [0.25, 0.3) is 0 Å². The zero-order valence-corrected chi connectivity index (χ0v) is 11.4. The summed E-state index contributed by atoms with van der Waals surface area (Å²) in [4.78, 5) is 0. The molecule has 0 aromatic heterocycles. The molecule has 4 heteroatoms. The lowest BCUT2D eigenvalue weighted by Gasteiger charge is -2.46. The molecule has 1 saturated carbocycles. The Morgan fingerprint density at radius 2 is 2.18 bits per heavy atom. The van der Waals surface area contributed by atoms with Gasteiger partial charge in [-0.25, -0.2) is 0 Å². The number of hydrogen-bond donors (Lipinski definition) is 1. The van der Waals surface area contributed by atoms with Crippen LogP contribution in [-0.4, -0.2) is 11.6 Å². The number of rotatable bonds is 0. The number of hydrogen-bond acceptors (Lipinski definition) is 2. The SMILES string of the molecule is CC12CC(C[C@H](N)C1)c1c(Cl)cccc1O2.Cl. The van der Waals surface area contributed by atoms with Crippen LogP contribution in [0, 0.1) is 0 Å². The Kier molecular flexibility index (Phi) is 3.32. The highest BCUT2D eigenvalue weighted by Crippen LogP contribution is 2.50. The molecule has 1 heterocycles. The average molecular weight is 274 g/mol. The number of halogens is 2. The van der Waals surface area contributed by atoms with Gasteiger partial charge in [0.2, 0.25) is 0 Å². The van der Waals surface area contributed by atoms with Gasteiger partial charge in [0.15, 0.2) is 0 Å². The second-order valence-corrected chi connectivity index (χ2v) is 5.71. The quantitative estimate of drug-likeness (QED) is 0.785. The van der Waals surface area contributed by atoms with Gasteiger partial charge in [-0.1, -0.05) is 17.7 Å². The highest BCUT2D eigenvalue weighted by molar-refractivity contribution is 6.31. The highest BCUT2D eigenvalue weighted by Gasteiger charge is 2.43. The van der Waals surface area contributed by atoms with Gasteiger partial charge in [-0.2, -0.15) is 0 Å². The Morgan fingerprint density at radius 3 is 2.94 bits per heavy atom. The lowest BCUT2D eigenvalue weighted by Crippen LogP contribution is -2.48. The Morgan fingerprint density at radius 1 is 1.41 bits per heavy atom. The van der Waals surface area contributed by atoms with Crippen molar-refractivity contribution in [3.63, 3.8) is 0 Å². The van der Waals surface area contributed by atoms with Gasteiger partial charge in [-0.15, -0.1) is 12.4 Å². The number of fused-ring (bicyclic) bond motifs is 4. The van der Waals surface area contributed by atoms with E-state index in [0.717, 1.165) is 35.6 Å². The molecule has 3 rings (SSSR count). The van der Waals surface area contributed by atoms with Crippen molar-refractivity contribution in [3.8, 4) is 5.75 Å². The fraction of sp³-hybridized carbons (Fsp3) is 0.538. The van der Waals surface area contributed by atoms with Crippen molar-refractivity contribution in [3.05, 3.63) is 28.8 Å². The smallest absolute Gasteiger partial charge is 0.125 e. The van der Waals surface area contributed by atoms with E-state index in [1.807, 2.05) is 18.2 Å². The maximum absolute atomic E-state index is 6.26. The predicted octanol–water partition coefficient (Wildman–Crippen LogP) is 3.51. The van der Waals surface area contributed by atoms with E-state index in [1.165, 1.54) is 0 Å².